The smallest absolute Gasteiger partial charge is 0.311 e. The highest BCUT2D eigenvalue weighted by molar-refractivity contribution is 5.74. The number of ether oxygens (including phenoxy) is 1. The van der Waals surface area contributed by atoms with Crippen LogP contribution in [0.15, 0.2) is 0 Å². The molecule has 3 nitrogen and oxygen atoms in total. The molecule has 0 aromatic rings. The maximum Gasteiger partial charge on any atom is 0.311 e. The molecule has 0 radical (unpaired) electrons. The van der Waals surface area contributed by atoms with Gasteiger partial charge in [-0.25, -0.2) is 0 Å². The summed E-state index contributed by atoms with van der Waals surface area (Å²) in [7, 11) is 0. The van der Waals surface area contributed by atoms with Crippen molar-refractivity contribution in [2.45, 2.75) is 52.7 Å². The van der Waals surface area contributed by atoms with Crippen LogP contribution in [0.1, 0.15) is 41.0 Å². The van der Waals surface area contributed by atoms with Crippen LogP contribution in [0.25, 0.3) is 0 Å². The molecule has 1 aliphatic heterocycles. The lowest BCUT2D eigenvalue weighted by molar-refractivity contribution is -0.160. The molecule has 0 aromatic carbocycles. The summed E-state index contributed by atoms with van der Waals surface area (Å²) in [4.78, 5) is 11.9. The molecule has 1 N–H and O–H groups in total. The second-order valence-electron chi connectivity index (χ2n) is 5.65. The molecule has 1 rings (SSSR count). The van der Waals surface area contributed by atoms with Crippen molar-refractivity contribution in [3.8, 4) is 0 Å². The van der Waals surface area contributed by atoms with Crippen LogP contribution >= 0.6 is 0 Å². The van der Waals surface area contributed by atoms with Gasteiger partial charge in [-0.3, -0.25) is 4.79 Å². The van der Waals surface area contributed by atoms with Gasteiger partial charge in [0, 0.05) is 6.04 Å². The molecule has 0 aromatic heterocycles. The van der Waals surface area contributed by atoms with Gasteiger partial charge in [-0.05, 0) is 39.7 Å². The van der Waals surface area contributed by atoms with Crippen molar-refractivity contribution in [3.05, 3.63) is 0 Å². The summed E-state index contributed by atoms with van der Waals surface area (Å²) in [6.07, 6.45) is 0.901. The Morgan fingerprint density at radius 3 is 2.47 bits per heavy atom. The minimum Gasteiger partial charge on any atom is -0.460 e. The van der Waals surface area contributed by atoms with Gasteiger partial charge in [-0.2, -0.15) is 0 Å². The number of esters is 1. The average Bonchev–Trinajstić information content (AvgIpc) is 2.47. The summed E-state index contributed by atoms with van der Waals surface area (Å²) in [6.45, 7) is 10.9. The highest BCUT2D eigenvalue weighted by atomic mass is 16.6. The first-order valence-electron chi connectivity index (χ1n) is 5.77. The van der Waals surface area contributed by atoms with Gasteiger partial charge >= 0.3 is 5.97 Å². The minimum atomic E-state index is -0.374. The highest BCUT2D eigenvalue weighted by Crippen LogP contribution is 2.24. The van der Waals surface area contributed by atoms with Crippen LogP contribution in [0.2, 0.25) is 0 Å². The van der Waals surface area contributed by atoms with Gasteiger partial charge in [0.05, 0.1) is 5.92 Å². The average molecular weight is 213 g/mol. The van der Waals surface area contributed by atoms with Gasteiger partial charge < -0.3 is 10.1 Å². The summed E-state index contributed by atoms with van der Waals surface area (Å²) in [5, 5.41) is 3.37. The van der Waals surface area contributed by atoms with Crippen LogP contribution in [0.4, 0.5) is 0 Å². The van der Waals surface area contributed by atoms with Crippen LogP contribution < -0.4 is 5.32 Å². The predicted molar refractivity (Wildman–Crippen MR) is 60.6 cm³/mol. The molecule has 1 heterocycles. The molecular weight excluding hydrogens is 190 g/mol. The molecule has 0 unspecified atom stereocenters. The summed E-state index contributed by atoms with van der Waals surface area (Å²) in [5.41, 5.74) is -0.374. The summed E-state index contributed by atoms with van der Waals surface area (Å²) in [6, 6.07) is 0.278. The molecule has 0 aliphatic carbocycles. The molecule has 1 aliphatic rings. The zero-order chi connectivity index (χ0) is 11.6. The molecule has 15 heavy (non-hydrogen) atoms. The lowest BCUT2D eigenvalue weighted by atomic mass is 9.92. The SMILES string of the molecule is CC(C)[C@@H]1NCC[C@@H]1C(=O)OC(C)(C)C. The van der Waals surface area contributed by atoms with E-state index in [2.05, 4.69) is 19.2 Å². The third-order valence-corrected chi connectivity index (χ3v) is 2.70. The van der Waals surface area contributed by atoms with Gasteiger partial charge in [0.25, 0.3) is 0 Å². The van der Waals surface area contributed by atoms with Crippen molar-refractivity contribution in [3.63, 3.8) is 0 Å². The van der Waals surface area contributed by atoms with Gasteiger partial charge in [0.15, 0.2) is 0 Å². The molecule has 0 spiro atoms. The minimum absolute atomic E-state index is 0.0317. The fourth-order valence-corrected chi connectivity index (χ4v) is 2.07. The lowest BCUT2D eigenvalue weighted by Crippen LogP contribution is -2.39. The van der Waals surface area contributed by atoms with Crippen LogP contribution in [-0.4, -0.2) is 24.2 Å². The van der Waals surface area contributed by atoms with E-state index in [0.29, 0.717) is 5.92 Å². The van der Waals surface area contributed by atoms with E-state index in [4.69, 9.17) is 4.74 Å². The van der Waals surface area contributed by atoms with Crippen LogP contribution in [0.5, 0.6) is 0 Å². The van der Waals surface area contributed by atoms with Crippen LogP contribution in [0.3, 0.4) is 0 Å². The summed E-state index contributed by atoms with van der Waals surface area (Å²) in [5.74, 6) is 0.459. The second-order valence-corrected chi connectivity index (χ2v) is 5.65. The molecule has 2 atom stereocenters. The van der Waals surface area contributed by atoms with Crippen molar-refractivity contribution in [1.82, 2.24) is 5.32 Å². The van der Waals surface area contributed by atoms with Crippen molar-refractivity contribution in [1.29, 1.82) is 0 Å². The predicted octanol–water partition coefficient (Wildman–Crippen LogP) is 1.96. The Hall–Kier alpha value is -0.570. The molecule has 88 valence electrons. The lowest BCUT2D eigenvalue weighted by Gasteiger charge is -2.26. The van der Waals surface area contributed by atoms with Crippen molar-refractivity contribution in [2.75, 3.05) is 6.54 Å². The Morgan fingerprint density at radius 1 is 1.40 bits per heavy atom. The van der Waals surface area contributed by atoms with Gasteiger partial charge in [0.1, 0.15) is 5.60 Å². The Morgan fingerprint density at radius 2 is 2.00 bits per heavy atom. The third-order valence-electron chi connectivity index (χ3n) is 2.70. The maximum atomic E-state index is 11.9. The van der Waals surface area contributed by atoms with Crippen molar-refractivity contribution >= 4 is 5.97 Å². The molecule has 0 amide bonds. The zero-order valence-corrected chi connectivity index (χ0v) is 10.5. The van der Waals surface area contributed by atoms with Crippen LogP contribution in [0, 0.1) is 11.8 Å². The standard InChI is InChI=1S/C12H23NO2/c1-8(2)10-9(6-7-13-10)11(14)15-12(3,4)5/h8-10,13H,6-7H2,1-5H3/t9-,10-/m0/s1. The van der Waals surface area contributed by atoms with Crippen LogP contribution in [-0.2, 0) is 9.53 Å². The van der Waals surface area contributed by atoms with Gasteiger partial charge in [-0.15, -0.1) is 0 Å². The Labute approximate surface area is 92.6 Å². The van der Waals surface area contributed by atoms with E-state index >= 15 is 0 Å². The zero-order valence-electron chi connectivity index (χ0n) is 10.5. The number of rotatable bonds is 2. The maximum absolute atomic E-state index is 11.9. The normalized spacial score (nSPS) is 27.1. The highest BCUT2D eigenvalue weighted by Gasteiger charge is 2.37. The van der Waals surface area contributed by atoms with E-state index in [1.807, 2.05) is 20.8 Å². The first-order chi connectivity index (χ1) is 6.81. The number of carbonyl (C=O) groups excluding carboxylic acids is 1. The molecular formula is C12H23NO2. The molecule has 1 fully saturated rings. The molecule has 1 saturated heterocycles. The topological polar surface area (TPSA) is 38.3 Å². The number of carbonyl (C=O) groups is 1. The fourth-order valence-electron chi connectivity index (χ4n) is 2.07. The fraction of sp³-hybridized carbons (Fsp3) is 0.917. The summed E-state index contributed by atoms with van der Waals surface area (Å²) >= 11 is 0. The Bertz CT molecular complexity index is 230. The number of hydrogen-bond acceptors (Lipinski definition) is 3. The van der Waals surface area contributed by atoms with E-state index in [0.717, 1.165) is 13.0 Å². The van der Waals surface area contributed by atoms with Gasteiger partial charge in [-0.1, -0.05) is 13.8 Å². The van der Waals surface area contributed by atoms with E-state index in [1.54, 1.807) is 0 Å². The first-order valence-corrected chi connectivity index (χ1v) is 5.77. The monoisotopic (exact) mass is 213 g/mol. The van der Waals surface area contributed by atoms with E-state index in [1.165, 1.54) is 0 Å². The number of hydrogen-bond donors (Lipinski definition) is 1. The Kier molecular flexibility index (Phi) is 3.77. The quantitative estimate of drug-likeness (QED) is 0.713. The summed E-state index contributed by atoms with van der Waals surface area (Å²) < 4.78 is 5.42. The third kappa shape index (κ3) is 3.49. The first kappa shape index (κ1) is 12.5. The largest absolute Gasteiger partial charge is 0.460 e. The van der Waals surface area contributed by atoms with E-state index in [9.17, 15) is 4.79 Å². The van der Waals surface area contributed by atoms with Gasteiger partial charge in [0.2, 0.25) is 0 Å². The molecule has 0 bridgehead atoms. The number of nitrogens with one attached hydrogen (secondary N) is 1. The molecule has 0 saturated carbocycles. The van der Waals surface area contributed by atoms with E-state index in [-0.39, 0.29) is 23.5 Å². The molecule has 3 heteroatoms. The van der Waals surface area contributed by atoms with Crippen molar-refractivity contribution < 1.29 is 9.53 Å². The Balaban J connectivity index is 2.59. The second kappa shape index (κ2) is 4.52. The van der Waals surface area contributed by atoms with E-state index < -0.39 is 0 Å². The van der Waals surface area contributed by atoms with Crippen molar-refractivity contribution in [2.24, 2.45) is 11.8 Å².